The summed E-state index contributed by atoms with van der Waals surface area (Å²) < 4.78 is 73.8. The molecule has 0 aromatic carbocycles. The Balaban J connectivity index is 1.18. The number of H-pyrrole nitrogens is 1. The maximum absolute atomic E-state index is 14.2. The monoisotopic (exact) mass is 882 g/mol. The third kappa shape index (κ3) is 7.39. The summed E-state index contributed by atoms with van der Waals surface area (Å²) in [6.07, 6.45) is -3.11. The zero-order chi connectivity index (χ0) is 42.6. The van der Waals surface area contributed by atoms with E-state index in [9.17, 15) is 28.5 Å². The lowest BCUT2D eigenvalue weighted by atomic mass is 10.0. The molecule has 11 atom stereocenters. The molecule has 8 rings (SSSR count). The van der Waals surface area contributed by atoms with Crippen molar-refractivity contribution in [3.05, 3.63) is 29.3 Å². The van der Waals surface area contributed by atoms with Crippen molar-refractivity contribution < 1.29 is 55.7 Å². The van der Waals surface area contributed by atoms with Gasteiger partial charge in [-0.1, -0.05) is 34.6 Å². The van der Waals surface area contributed by atoms with Crippen LogP contribution in [0.15, 0.2) is 23.8 Å². The summed E-state index contributed by atoms with van der Waals surface area (Å²) in [5.41, 5.74) is 4.80. The molecule has 4 aromatic heterocycles. The van der Waals surface area contributed by atoms with E-state index >= 15 is 0 Å². The van der Waals surface area contributed by atoms with Crippen LogP contribution in [-0.4, -0.2) is 114 Å². The molecular formula is C33H48N10O13P2Si. The third-order valence-corrected chi connectivity index (χ3v) is 18.6. The van der Waals surface area contributed by atoms with Crippen LogP contribution >= 0.6 is 15.6 Å². The van der Waals surface area contributed by atoms with Crippen molar-refractivity contribution in [1.29, 1.82) is 0 Å². The molecule has 0 radical (unpaired) electrons. The predicted octanol–water partition coefficient (Wildman–Crippen LogP) is 3.02. The molecular weight excluding hydrogens is 834 g/mol. The average molecular weight is 883 g/mol. The summed E-state index contributed by atoms with van der Waals surface area (Å²) in [6.45, 7) is 12.4. The molecule has 4 aliphatic rings. The maximum atomic E-state index is 14.2. The molecule has 23 nitrogen and oxygen atoms in total. The molecule has 3 unspecified atom stereocenters. The summed E-state index contributed by atoms with van der Waals surface area (Å²) in [5, 5.41) is 2.22. The predicted molar refractivity (Wildman–Crippen MR) is 209 cm³/mol. The molecule has 2 saturated carbocycles. The minimum Gasteiger partial charge on any atom is -0.409 e. The number of nitrogens with zero attached hydrogens (tertiary/aromatic N) is 7. The number of aromatic nitrogens is 8. The van der Waals surface area contributed by atoms with E-state index in [1.807, 2.05) is 33.9 Å². The number of nitrogens with two attached hydrogens (primary N) is 1. The molecule has 1 spiro atoms. The first-order valence-corrected chi connectivity index (χ1v) is 24.8. The van der Waals surface area contributed by atoms with Gasteiger partial charge >= 0.3 is 15.6 Å². The number of hydrogen-bond donors (Lipinski definition) is 5. The number of nitrogen functional groups attached to an aromatic ring is 1. The van der Waals surface area contributed by atoms with Crippen LogP contribution in [0.4, 0.5) is 11.8 Å². The smallest absolute Gasteiger partial charge is 0.409 e. The molecule has 2 aliphatic carbocycles. The largest absolute Gasteiger partial charge is 0.472 e. The van der Waals surface area contributed by atoms with Crippen LogP contribution in [0.3, 0.4) is 0 Å². The first-order valence-electron chi connectivity index (χ1n) is 18.9. The van der Waals surface area contributed by atoms with Crippen molar-refractivity contribution in [3.8, 4) is 0 Å². The first kappa shape index (κ1) is 42.2. The van der Waals surface area contributed by atoms with Crippen molar-refractivity contribution in [2.45, 2.75) is 102 Å². The van der Waals surface area contributed by atoms with Gasteiger partial charge < -0.3 is 34.0 Å². The zero-order valence-electron chi connectivity index (χ0n) is 33.5. The maximum Gasteiger partial charge on any atom is 0.472 e. The Labute approximate surface area is 338 Å². The van der Waals surface area contributed by atoms with Gasteiger partial charge in [0.1, 0.15) is 36.3 Å². The molecule has 4 aromatic rings. The number of imidazole rings is 2. The normalized spacial score (nSPS) is 35.2. The van der Waals surface area contributed by atoms with E-state index < -0.39 is 109 Å². The quantitative estimate of drug-likeness (QED) is 0.132. The lowest BCUT2D eigenvalue weighted by Crippen LogP contribution is -2.50. The van der Waals surface area contributed by atoms with E-state index in [0.717, 1.165) is 0 Å². The van der Waals surface area contributed by atoms with E-state index in [1.54, 1.807) is 24.7 Å². The topological polar surface area (TPSA) is 301 Å². The van der Waals surface area contributed by atoms with E-state index in [4.69, 9.17) is 37.7 Å². The summed E-state index contributed by atoms with van der Waals surface area (Å²) in [7, 11) is -11.5. The summed E-state index contributed by atoms with van der Waals surface area (Å²) in [4.78, 5) is 72.4. The molecule has 6 heterocycles. The second-order valence-electron chi connectivity index (χ2n) is 17.2. The Morgan fingerprint density at radius 3 is 2.44 bits per heavy atom. The van der Waals surface area contributed by atoms with E-state index in [1.165, 1.54) is 24.3 Å². The highest BCUT2D eigenvalue weighted by Crippen LogP contribution is 2.73. The second kappa shape index (κ2) is 14.6. The van der Waals surface area contributed by atoms with Gasteiger partial charge in [-0.3, -0.25) is 42.6 Å². The lowest BCUT2D eigenvalue weighted by Gasteiger charge is -2.43. The number of methoxy groups -OCH3 is 1. The Hall–Kier alpha value is -3.51. The number of phosphoric acid groups is 2. The van der Waals surface area contributed by atoms with E-state index in [0.29, 0.717) is 17.6 Å². The molecule has 322 valence electrons. The highest BCUT2D eigenvalue weighted by Gasteiger charge is 2.75. The number of hydrogen-bond acceptors (Lipinski definition) is 17. The van der Waals surface area contributed by atoms with Gasteiger partial charge in [0.05, 0.1) is 38.0 Å². The minimum atomic E-state index is -5.06. The molecule has 1 amide bonds. The lowest BCUT2D eigenvalue weighted by molar-refractivity contribution is -0.118. The van der Waals surface area contributed by atoms with Crippen LogP contribution in [-0.2, 0) is 45.9 Å². The Kier molecular flexibility index (Phi) is 10.4. The highest BCUT2D eigenvalue weighted by atomic mass is 31.2. The van der Waals surface area contributed by atoms with Gasteiger partial charge in [-0.15, -0.1) is 0 Å². The summed E-state index contributed by atoms with van der Waals surface area (Å²) in [6, 6.07) is -0.619. The number of ether oxygens (including phenoxy) is 2. The Morgan fingerprint density at radius 1 is 1.05 bits per heavy atom. The second-order valence-corrected chi connectivity index (χ2v) is 24.8. The van der Waals surface area contributed by atoms with Crippen molar-refractivity contribution in [2.75, 3.05) is 31.4 Å². The van der Waals surface area contributed by atoms with Gasteiger partial charge in [-0.2, -0.15) is 4.98 Å². The zero-order valence-corrected chi connectivity index (χ0v) is 36.3. The van der Waals surface area contributed by atoms with Gasteiger partial charge in [-0.05, 0) is 30.5 Å². The number of carbonyl (C=O) groups excluding carboxylic acids is 1. The number of phosphoric ester groups is 2. The summed E-state index contributed by atoms with van der Waals surface area (Å²) in [5.74, 6) is -1.30. The van der Waals surface area contributed by atoms with Crippen molar-refractivity contribution >= 4 is 64.0 Å². The van der Waals surface area contributed by atoms with Gasteiger partial charge in [0.25, 0.3) is 5.56 Å². The molecule has 59 heavy (non-hydrogen) atoms. The van der Waals surface area contributed by atoms with E-state index in [-0.39, 0.29) is 28.0 Å². The van der Waals surface area contributed by atoms with Crippen LogP contribution in [0.5, 0.6) is 0 Å². The van der Waals surface area contributed by atoms with Crippen LogP contribution in [0, 0.1) is 17.3 Å². The van der Waals surface area contributed by atoms with Gasteiger partial charge in [0.2, 0.25) is 11.9 Å². The molecule has 26 heteroatoms. The SMILES string of the molecule is CO[C@H]1[C@H]2OP(=O)(O)OC[C@@]34C[C@@H]3[C@@H](n3cnc5c(N)ncnc53)C(O[Si](C)(C)C(C)(C)C)[C@@H]4OP(=O)(O)OC[C@H]1O[C@H]2n1cnc2c(=O)[nH]c(NC(=O)C(C)C)nc21. The van der Waals surface area contributed by atoms with Gasteiger partial charge in [0, 0.05) is 18.4 Å². The fourth-order valence-corrected chi connectivity index (χ4v) is 11.3. The van der Waals surface area contributed by atoms with Crippen LogP contribution < -0.4 is 16.6 Å². The molecule has 4 fully saturated rings. The fourth-order valence-electron chi connectivity index (χ4n) is 8.00. The Bertz CT molecular complexity index is 2460. The fraction of sp³-hybridized carbons (Fsp3) is 0.667. The van der Waals surface area contributed by atoms with Gasteiger partial charge in [0.15, 0.2) is 37.2 Å². The highest BCUT2D eigenvalue weighted by molar-refractivity contribution is 7.47. The first-order chi connectivity index (χ1) is 27.6. The number of amides is 1. The molecule has 2 bridgehead atoms. The third-order valence-electron chi connectivity index (χ3n) is 12.2. The van der Waals surface area contributed by atoms with Crippen LogP contribution in [0.2, 0.25) is 18.1 Å². The number of anilines is 2. The van der Waals surface area contributed by atoms with Crippen molar-refractivity contribution in [1.82, 2.24) is 39.0 Å². The van der Waals surface area contributed by atoms with Gasteiger partial charge in [-0.25, -0.2) is 29.1 Å². The minimum absolute atomic E-state index is 0.0832. The molecule has 6 N–H and O–H groups in total. The number of aromatic amines is 1. The van der Waals surface area contributed by atoms with Crippen LogP contribution in [0.25, 0.3) is 22.3 Å². The Morgan fingerprint density at radius 2 is 1.75 bits per heavy atom. The number of fused-ring (bicyclic) bond motifs is 4. The summed E-state index contributed by atoms with van der Waals surface area (Å²) >= 11 is 0. The van der Waals surface area contributed by atoms with E-state index in [2.05, 4.69) is 35.2 Å². The molecule has 2 aliphatic heterocycles. The standard InChI is InChI=1S/C33H48N10O13P2Si/c1-15(2)28(44)40-31-39-27-19(29(45)41-31)38-14-43(27)30-23-21(50-6)17(53-30)10-51-57(46,47)55-24-22(56-59(7,8)32(3,4)5)20(16-9-33(16,24)11-52-58(48,49)54-23)42-13-37-18-25(34)35-12-36-26(18)42/h12-17,20-24,30H,9-11H2,1-8H3,(H,46,47)(H,48,49)(H2,34,35,36)(H2,39,40,41,44,45)/t16-,17-,20-,21-,22?,23-,24+,30-,33+/m1/s1. The molecule has 2 saturated heterocycles. The number of rotatable bonds is 7. The van der Waals surface area contributed by atoms with Crippen LogP contribution in [0.1, 0.15) is 53.3 Å². The number of nitrogens with one attached hydrogen (secondary N) is 2. The average Bonchev–Trinajstić information content (AvgIpc) is 3.44. The van der Waals surface area contributed by atoms with Crippen molar-refractivity contribution in [2.24, 2.45) is 17.3 Å². The van der Waals surface area contributed by atoms with Crippen molar-refractivity contribution in [3.63, 3.8) is 0 Å². The number of carbonyl (C=O) groups is 1.